The van der Waals surface area contributed by atoms with Gasteiger partial charge in [0.1, 0.15) is 0 Å². The number of fused-ring (bicyclic) bond motifs is 1. The minimum atomic E-state index is -3.33. The predicted molar refractivity (Wildman–Crippen MR) is 113 cm³/mol. The first-order valence-corrected chi connectivity index (χ1v) is 11.5. The van der Waals surface area contributed by atoms with E-state index in [1.807, 2.05) is 43.3 Å². The van der Waals surface area contributed by atoms with Crippen LogP contribution in [0.3, 0.4) is 0 Å². The zero-order valence-corrected chi connectivity index (χ0v) is 17.7. The second kappa shape index (κ2) is 7.95. The van der Waals surface area contributed by atoms with Gasteiger partial charge in [0.15, 0.2) is 0 Å². The molecule has 0 bridgehead atoms. The topological polar surface area (TPSA) is 66.5 Å². The normalized spacial score (nSPS) is 17.5. The van der Waals surface area contributed by atoms with Crippen molar-refractivity contribution in [1.29, 1.82) is 0 Å². The first kappa shape index (κ1) is 20.4. The van der Waals surface area contributed by atoms with Gasteiger partial charge in [0.25, 0.3) is 5.91 Å². The minimum Gasteiger partial charge on any atom is -0.345 e. The van der Waals surface area contributed by atoms with Crippen LogP contribution in [0.4, 0.5) is 5.69 Å². The van der Waals surface area contributed by atoms with E-state index in [1.54, 1.807) is 12.1 Å². The van der Waals surface area contributed by atoms with Crippen LogP contribution in [0.2, 0.25) is 0 Å². The van der Waals surface area contributed by atoms with Crippen molar-refractivity contribution < 1.29 is 13.2 Å². The number of hydrogen-bond donors (Lipinski definition) is 1. The molecule has 2 aromatic rings. The van der Waals surface area contributed by atoms with Crippen LogP contribution in [0.1, 0.15) is 54.7 Å². The van der Waals surface area contributed by atoms with Crippen LogP contribution in [-0.4, -0.2) is 26.6 Å². The molecule has 3 rings (SSSR count). The molecule has 1 heterocycles. The highest BCUT2D eigenvalue weighted by molar-refractivity contribution is 7.92. The first-order valence-electron chi connectivity index (χ1n) is 9.65. The molecule has 0 aromatic heterocycles. The van der Waals surface area contributed by atoms with Gasteiger partial charge in [0, 0.05) is 11.6 Å². The maximum atomic E-state index is 12.9. The third kappa shape index (κ3) is 4.38. The zero-order chi connectivity index (χ0) is 20.5. The number of amides is 1. The molecule has 150 valence electrons. The van der Waals surface area contributed by atoms with E-state index >= 15 is 0 Å². The Hall–Kier alpha value is -2.34. The van der Waals surface area contributed by atoms with E-state index < -0.39 is 10.0 Å². The number of anilines is 1. The second-order valence-electron chi connectivity index (χ2n) is 8.02. The molecular formula is C22H28N2O3S. The summed E-state index contributed by atoms with van der Waals surface area (Å²) in [5.74, 6) is 0.303. The smallest absolute Gasteiger partial charge is 0.251 e. The van der Waals surface area contributed by atoms with Gasteiger partial charge in [-0.1, -0.05) is 44.2 Å². The van der Waals surface area contributed by atoms with Crippen LogP contribution in [-0.2, 0) is 16.4 Å². The summed E-state index contributed by atoms with van der Waals surface area (Å²) < 4.78 is 25.6. The van der Waals surface area contributed by atoms with Gasteiger partial charge in [-0.25, -0.2) is 8.42 Å². The van der Waals surface area contributed by atoms with E-state index in [-0.39, 0.29) is 18.0 Å². The molecule has 5 nitrogen and oxygen atoms in total. The molecule has 0 aliphatic carbocycles. The van der Waals surface area contributed by atoms with Crippen LogP contribution in [0.15, 0.2) is 48.5 Å². The Morgan fingerprint density at radius 1 is 1.18 bits per heavy atom. The highest BCUT2D eigenvalue weighted by atomic mass is 32.2. The number of hydrogen-bond acceptors (Lipinski definition) is 3. The Kier molecular flexibility index (Phi) is 5.79. The summed E-state index contributed by atoms with van der Waals surface area (Å²) in [7, 11) is -3.33. The molecule has 0 radical (unpaired) electrons. The van der Waals surface area contributed by atoms with Gasteiger partial charge in [0.05, 0.1) is 18.0 Å². The number of carbonyl (C=O) groups excluding carboxylic acids is 1. The molecule has 0 fully saturated rings. The Labute approximate surface area is 167 Å². The Balaban J connectivity index is 1.84. The van der Waals surface area contributed by atoms with E-state index in [0.29, 0.717) is 23.6 Å². The van der Waals surface area contributed by atoms with E-state index in [4.69, 9.17) is 0 Å². The monoisotopic (exact) mass is 400 g/mol. The lowest BCUT2D eigenvalue weighted by molar-refractivity contribution is 0.0932. The fraction of sp³-hybridized carbons (Fsp3) is 0.409. The Morgan fingerprint density at radius 2 is 1.86 bits per heavy atom. The summed E-state index contributed by atoms with van der Waals surface area (Å²) in [6, 6.07) is 15.1. The Morgan fingerprint density at radius 3 is 2.46 bits per heavy atom. The number of nitrogens with one attached hydrogen (secondary N) is 1. The van der Waals surface area contributed by atoms with Crippen molar-refractivity contribution in [3.8, 4) is 0 Å². The van der Waals surface area contributed by atoms with Crippen molar-refractivity contribution >= 4 is 21.6 Å². The summed E-state index contributed by atoms with van der Waals surface area (Å²) in [6.07, 6.45) is 2.67. The average Bonchev–Trinajstić information content (AvgIpc) is 2.96. The summed E-state index contributed by atoms with van der Waals surface area (Å²) in [5.41, 5.74) is 3.22. The maximum Gasteiger partial charge on any atom is 0.251 e. The third-order valence-corrected chi connectivity index (χ3v) is 6.34. The molecular weight excluding hydrogens is 372 g/mol. The lowest BCUT2D eigenvalue weighted by Gasteiger charge is -2.22. The Bertz CT molecular complexity index is 955. The van der Waals surface area contributed by atoms with E-state index in [1.165, 1.54) is 10.6 Å². The minimum absolute atomic E-state index is 0.0617. The molecule has 28 heavy (non-hydrogen) atoms. The lowest BCUT2D eigenvalue weighted by Crippen LogP contribution is -2.34. The number of sulfonamides is 1. The van der Waals surface area contributed by atoms with E-state index in [2.05, 4.69) is 19.2 Å². The lowest BCUT2D eigenvalue weighted by atomic mass is 9.96. The molecule has 6 heteroatoms. The van der Waals surface area contributed by atoms with Gasteiger partial charge >= 0.3 is 0 Å². The molecule has 1 aliphatic rings. The maximum absolute atomic E-state index is 12.9. The van der Waals surface area contributed by atoms with E-state index in [0.717, 1.165) is 17.5 Å². The molecule has 2 atom stereocenters. The average molecular weight is 401 g/mol. The highest BCUT2D eigenvalue weighted by Gasteiger charge is 2.33. The molecule has 0 spiro atoms. The molecule has 2 aromatic carbocycles. The predicted octanol–water partition coefficient (Wildman–Crippen LogP) is 3.91. The number of benzene rings is 2. The molecule has 0 saturated carbocycles. The fourth-order valence-corrected chi connectivity index (χ4v) is 5.19. The molecule has 0 unspecified atom stereocenters. The zero-order valence-electron chi connectivity index (χ0n) is 16.8. The van der Waals surface area contributed by atoms with Crippen LogP contribution >= 0.6 is 0 Å². The molecule has 1 amide bonds. The third-order valence-electron chi connectivity index (χ3n) is 5.07. The number of nitrogens with zero attached hydrogens (tertiary/aromatic N) is 1. The quantitative estimate of drug-likeness (QED) is 0.799. The largest absolute Gasteiger partial charge is 0.345 e. The SMILES string of the molecule is CC(C)C[C@@H](NC(=O)c1ccc2c(c1)C[C@@H](C)N2S(C)(=O)=O)c1ccccc1. The van der Waals surface area contributed by atoms with Gasteiger partial charge in [-0.3, -0.25) is 9.10 Å². The van der Waals surface area contributed by atoms with Crippen molar-refractivity contribution in [2.45, 2.75) is 45.7 Å². The van der Waals surface area contributed by atoms with Crippen molar-refractivity contribution in [3.05, 3.63) is 65.2 Å². The van der Waals surface area contributed by atoms with E-state index in [9.17, 15) is 13.2 Å². The molecule has 1 aliphatic heterocycles. The summed E-state index contributed by atoms with van der Waals surface area (Å²) in [4.78, 5) is 12.9. The molecule has 0 saturated heterocycles. The summed E-state index contributed by atoms with van der Waals surface area (Å²) >= 11 is 0. The van der Waals surface area contributed by atoms with Crippen molar-refractivity contribution in [3.63, 3.8) is 0 Å². The van der Waals surface area contributed by atoms with Gasteiger partial charge < -0.3 is 5.32 Å². The standard InChI is InChI=1S/C22H28N2O3S/c1-15(2)12-20(17-8-6-5-7-9-17)23-22(25)18-10-11-21-19(14-18)13-16(3)24(21)28(4,26)27/h5-11,14-16,20H,12-13H2,1-4H3,(H,23,25)/t16-,20-/m1/s1. The summed E-state index contributed by atoms with van der Waals surface area (Å²) in [6.45, 7) is 6.16. The number of carbonyl (C=O) groups is 1. The van der Waals surface area contributed by atoms with Crippen LogP contribution < -0.4 is 9.62 Å². The molecule has 1 N–H and O–H groups in total. The van der Waals surface area contributed by atoms with Crippen molar-refractivity contribution in [2.75, 3.05) is 10.6 Å². The first-order chi connectivity index (χ1) is 13.2. The van der Waals surface area contributed by atoms with Crippen LogP contribution in [0, 0.1) is 5.92 Å². The van der Waals surface area contributed by atoms with Crippen molar-refractivity contribution in [1.82, 2.24) is 5.32 Å². The second-order valence-corrected chi connectivity index (χ2v) is 9.88. The van der Waals surface area contributed by atoms with Crippen LogP contribution in [0.25, 0.3) is 0 Å². The van der Waals surface area contributed by atoms with Crippen LogP contribution in [0.5, 0.6) is 0 Å². The van der Waals surface area contributed by atoms with Gasteiger partial charge in [-0.15, -0.1) is 0 Å². The highest BCUT2D eigenvalue weighted by Crippen LogP contribution is 2.35. The summed E-state index contributed by atoms with van der Waals surface area (Å²) in [5, 5.41) is 3.15. The fourth-order valence-electron chi connectivity index (χ4n) is 3.93. The van der Waals surface area contributed by atoms with Gasteiger partial charge in [0.2, 0.25) is 10.0 Å². The van der Waals surface area contributed by atoms with Crippen molar-refractivity contribution in [2.24, 2.45) is 5.92 Å². The van der Waals surface area contributed by atoms with Gasteiger partial charge in [-0.05, 0) is 55.0 Å². The number of rotatable bonds is 6. The van der Waals surface area contributed by atoms with Gasteiger partial charge in [-0.2, -0.15) is 0 Å².